The Hall–Kier alpha value is -0.510. The van der Waals surface area contributed by atoms with E-state index in [1.165, 1.54) is 16.7 Å². The van der Waals surface area contributed by atoms with E-state index in [9.17, 15) is 0 Å². The molecule has 2 aromatic carbocycles. The van der Waals surface area contributed by atoms with Crippen LogP contribution in [0.3, 0.4) is 0 Å². The van der Waals surface area contributed by atoms with Crippen molar-refractivity contribution in [3.05, 3.63) is 62.1 Å². The number of fused-ring (bicyclic) bond motifs is 1. The second-order valence-electron chi connectivity index (χ2n) is 4.95. The summed E-state index contributed by atoms with van der Waals surface area (Å²) >= 11 is 13.5. The van der Waals surface area contributed by atoms with E-state index in [1.807, 2.05) is 12.1 Å². The van der Waals surface area contributed by atoms with E-state index in [-0.39, 0.29) is 4.83 Å². The summed E-state index contributed by atoms with van der Waals surface area (Å²) < 4.78 is 6.88. The third-order valence-corrected chi connectivity index (χ3v) is 5.25. The molecule has 2 aromatic rings. The van der Waals surface area contributed by atoms with Crippen molar-refractivity contribution < 1.29 is 4.74 Å². The highest BCUT2D eigenvalue weighted by Gasteiger charge is 2.23. The standard InChI is InChI=1S/C16H13Br2ClO/c1-9-6-11(17)2-3-13(9)15(18)14-8-12(19)7-10-4-5-20-16(10)14/h2-3,6-8,15H,4-5H2,1H3. The zero-order valence-corrected chi connectivity index (χ0v) is 14.8. The van der Waals surface area contributed by atoms with Gasteiger partial charge in [0.15, 0.2) is 0 Å². The number of alkyl halides is 1. The van der Waals surface area contributed by atoms with Gasteiger partial charge in [0, 0.05) is 21.5 Å². The molecule has 0 saturated heterocycles. The molecule has 0 saturated carbocycles. The van der Waals surface area contributed by atoms with Crippen molar-refractivity contribution in [1.82, 2.24) is 0 Å². The second kappa shape index (κ2) is 5.70. The molecule has 0 spiro atoms. The number of benzene rings is 2. The zero-order valence-electron chi connectivity index (χ0n) is 10.9. The molecule has 0 bridgehead atoms. The van der Waals surface area contributed by atoms with Gasteiger partial charge in [0.25, 0.3) is 0 Å². The van der Waals surface area contributed by atoms with Gasteiger partial charge in [-0.05, 0) is 47.9 Å². The Morgan fingerprint density at radius 1 is 1.20 bits per heavy atom. The quantitative estimate of drug-likeness (QED) is 0.560. The van der Waals surface area contributed by atoms with Gasteiger partial charge in [0.05, 0.1) is 11.4 Å². The topological polar surface area (TPSA) is 9.23 Å². The maximum Gasteiger partial charge on any atom is 0.127 e. The van der Waals surface area contributed by atoms with Gasteiger partial charge in [-0.25, -0.2) is 0 Å². The summed E-state index contributed by atoms with van der Waals surface area (Å²) in [6.07, 6.45) is 0.932. The van der Waals surface area contributed by atoms with Crippen molar-refractivity contribution in [3.8, 4) is 5.75 Å². The zero-order chi connectivity index (χ0) is 14.3. The summed E-state index contributed by atoms with van der Waals surface area (Å²) in [7, 11) is 0. The lowest BCUT2D eigenvalue weighted by atomic mass is 9.98. The van der Waals surface area contributed by atoms with Crippen LogP contribution in [0.15, 0.2) is 34.8 Å². The molecule has 0 N–H and O–H groups in total. The summed E-state index contributed by atoms with van der Waals surface area (Å²) in [6, 6.07) is 10.3. The fourth-order valence-electron chi connectivity index (χ4n) is 2.58. The summed E-state index contributed by atoms with van der Waals surface area (Å²) in [5.41, 5.74) is 4.77. The molecule has 0 amide bonds. The van der Waals surface area contributed by atoms with Gasteiger partial charge >= 0.3 is 0 Å². The number of rotatable bonds is 2. The van der Waals surface area contributed by atoms with Crippen LogP contribution in [0, 0.1) is 6.92 Å². The van der Waals surface area contributed by atoms with E-state index >= 15 is 0 Å². The molecule has 0 aromatic heterocycles. The van der Waals surface area contributed by atoms with Crippen molar-refractivity contribution in [1.29, 1.82) is 0 Å². The highest BCUT2D eigenvalue weighted by molar-refractivity contribution is 9.10. The molecule has 1 heterocycles. The molecule has 0 fully saturated rings. The molecular formula is C16H13Br2ClO. The van der Waals surface area contributed by atoms with Crippen LogP contribution >= 0.6 is 43.5 Å². The molecule has 1 nitrogen and oxygen atoms in total. The van der Waals surface area contributed by atoms with E-state index in [0.29, 0.717) is 0 Å². The number of ether oxygens (including phenoxy) is 1. The van der Waals surface area contributed by atoms with Gasteiger partial charge in [0.1, 0.15) is 5.75 Å². The van der Waals surface area contributed by atoms with E-state index in [0.717, 1.165) is 33.8 Å². The minimum atomic E-state index is 0.0844. The van der Waals surface area contributed by atoms with Crippen LogP contribution in [0.2, 0.25) is 5.02 Å². The predicted octanol–water partition coefficient (Wildman–Crippen LogP) is 5.83. The van der Waals surface area contributed by atoms with Crippen molar-refractivity contribution in [2.45, 2.75) is 18.2 Å². The first-order valence-corrected chi connectivity index (χ1v) is 8.50. The summed E-state index contributed by atoms with van der Waals surface area (Å²) in [6.45, 7) is 2.85. The smallest absolute Gasteiger partial charge is 0.127 e. The summed E-state index contributed by atoms with van der Waals surface area (Å²) in [4.78, 5) is 0.0844. The average molecular weight is 417 g/mol. The van der Waals surface area contributed by atoms with Gasteiger partial charge in [-0.15, -0.1) is 0 Å². The van der Waals surface area contributed by atoms with Crippen LogP contribution in [-0.4, -0.2) is 6.61 Å². The molecule has 0 radical (unpaired) electrons. The molecule has 104 valence electrons. The number of hydrogen-bond acceptors (Lipinski definition) is 1. The van der Waals surface area contributed by atoms with E-state index in [4.69, 9.17) is 16.3 Å². The second-order valence-corrected chi connectivity index (χ2v) is 7.21. The first-order chi connectivity index (χ1) is 9.56. The number of halogens is 3. The third kappa shape index (κ3) is 2.63. The number of aryl methyl sites for hydroxylation is 1. The van der Waals surface area contributed by atoms with Crippen molar-refractivity contribution >= 4 is 43.5 Å². The lowest BCUT2D eigenvalue weighted by Gasteiger charge is -2.17. The fraction of sp³-hybridized carbons (Fsp3) is 0.250. The van der Waals surface area contributed by atoms with Gasteiger partial charge in [-0.2, -0.15) is 0 Å². The van der Waals surface area contributed by atoms with Crippen LogP contribution in [0.5, 0.6) is 5.75 Å². The molecule has 1 aliphatic rings. The minimum Gasteiger partial charge on any atom is -0.493 e. The Labute approximate surface area is 140 Å². The van der Waals surface area contributed by atoms with Gasteiger partial charge in [0.2, 0.25) is 0 Å². The van der Waals surface area contributed by atoms with Crippen molar-refractivity contribution in [2.75, 3.05) is 6.61 Å². The Bertz CT molecular complexity index is 670. The average Bonchev–Trinajstić information content (AvgIpc) is 2.85. The molecule has 1 unspecified atom stereocenters. The highest BCUT2D eigenvalue weighted by atomic mass is 79.9. The first kappa shape index (κ1) is 14.4. The maximum absolute atomic E-state index is 6.24. The summed E-state index contributed by atoms with van der Waals surface area (Å²) in [5, 5.41) is 0.767. The Kier molecular flexibility index (Phi) is 4.11. The molecule has 1 aliphatic heterocycles. The van der Waals surface area contributed by atoms with Gasteiger partial charge < -0.3 is 4.74 Å². The van der Waals surface area contributed by atoms with Crippen LogP contribution in [0.25, 0.3) is 0 Å². The van der Waals surface area contributed by atoms with Crippen molar-refractivity contribution in [3.63, 3.8) is 0 Å². The van der Waals surface area contributed by atoms with E-state index < -0.39 is 0 Å². The first-order valence-electron chi connectivity index (χ1n) is 6.41. The van der Waals surface area contributed by atoms with E-state index in [1.54, 1.807) is 0 Å². The predicted molar refractivity (Wildman–Crippen MR) is 90.3 cm³/mol. The molecule has 1 atom stereocenters. The Morgan fingerprint density at radius 3 is 2.75 bits per heavy atom. The van der Waals surface area contributed by atoms with Crippen LogP contribution in [-0.2, 0) is 6.42 Å². The lowest BCUT2D eigenvalue weighted by molar-refractivity contribution is 0.354. The van der Waals surface area contributed by atoms with Crippen LogP contribution < -0.4 is 4.74 Å². The van der Waals surface area contributed by atoms with E-state index in [2.05, 4.69) is 57.0 Å². The third-order valence-electron chi connectivity index (χ3n) is 3.56. The van der Waals surface area contributed by atoms with Crippen LogP contribution in [0.1, 0.15) is 27.1 Å². The monoisotopic (exact) mass is 414 g/mol. The molecule has 20 heavy (non-hydrogen) atoms. The maximum atomic E-state index is 6.24. The van der Waals surface area contributed by atoms with Crippen molar-refractivity contribution in [2.24, 2.45) is 0 Å². The SMILES string of the molecule is Cc1cc(Br)ccc1C(Br)c1cc(Cl)cc2c1OCC2. The number of hydrogen-bond donors (Lipinski definition) is 0. The lowest BCUT2D eigenvalue weighted by Crippen LogP contribution is -1.99. The molecule has 3 rings (SSSR count). The van der Waals surface area contributed by atoms with Gasteiger partial charge in [-0.3, -0.25) is 0 Å². The summed E-state index contributed by atoms with van der Waals surface area (Å²) in [5.74, 6) is 0.985. The van der Waals surface area contributed by atoms with Gasteiger partial charge in [-0.1, -0.05) is 49.5 Å². The fourth-order valence-corrected chi connectivity index (χ4v) is 4.16. The Morgan fingerprint density at radius 2 is 2.00 bits per heavy atom. The largest absolute Gasteiger partial charge is 0.493 e. The highest BCUT2D eigenvalue weighted by Crippen LogP contribution is 2.43. The Balaban J connectivity index is 2.09. The van der Waals surface area contributed by atoms with Crippen LogP contribution in [0.4, 0.5) is 0 Å². The minimum absolute atomic E-state index is 0.0844. The molecule has 0 aliphatic carbocycles. The molecule has 4 heteroatoms. The molecular weight excluding hydrogens is 403 g/mol. The normalized spacial score (nSPS) is 14.8.